The van der Waals surface area contributed by atoms with Crippen molar-refractivity contribution >= 4 is 19.9 Å². The fourth-order valence-corrected chi connectivity index (χ4v) is 7.12. The molecule has 0 bridgehead atoms. The molecule has 1 heterocycles. The molecule has 174 valence electrons. The first-order valence-corrected chi connectivity index (χ1v) is 13.0. The topological polar surface area (TPSA) is 71.5 Å². The van der Waals surface area contributed by atoms with E-state index in [9.17, 15) is 30.0 Å². The van der Waals surface area contributed by atoms with Crippen molar-refractivity contribution in [1.29, 1.82) is 0 Å². The van der Waals surface area contributed by atoms with E-state index in [1.807, 2.05) is 0 Å². The molecule has 33 heavy (non-hydrogen) atoms. The summed E-state index contributed by atoms with van der Waals surface area (Å²) in [6.07, 6.45) is -4.30. The van der Waals surface area contributed by atoms with Gasteiger partial charge < -0.3 is 0 Å². The highest BCUT2D eigenvalue weighted by Crippen LogP contribution is 2.33. The highest BCUT2D eigenvalue weighted by atomic mass is 32.2. The predicted octanol–water partition coefficient (Wildman–Crippen LogP) is 4.61. The summed E-state index contributed by atoms with van der Waals surface area (Å²) in [5.41, 5.74) is -0.0469. The normalized spacial score (nSPS) is 17.8. The zero-order valence-corrected chi connectivity index (χ0v) is 18.9. The van der Waals surface area contributed by atoms with Crippen LogP contribution in [0.1, 0.15) is 12.0 Å². The van der Waals surface area contributed by atoms with E-state index in [1.54, 1.807) is 18.2 Å². The van der Waals surface area contributed by atoms with Crippen LogP contribution in [-0.4, -0.2) is 39.5 Å². The van der Waals surface area contributed by atoms with Gasteiger partial charge in [-0.25, -0.2) is 16.8 Å². The fraction of sp³-hybridized carbons (Fsp3) is 0.217. The third kappa shape index (κ3) is 4.68. The number of hydrogen-bond acceptors (Lipinski definition) is 4. The molecule has 1 unspecified atom stereocenters. The molecule has 10 heteroatoms. The molecule has 0 aliphatic carbocycles. The van der Waals surface area contributed by atoms with E-state index in [-0.39, 0.29) is 29.3 Å². The van der Waals surface area contributed by atoms with E-state index in [4.69, 9.17) is 0 Å². The molecule has 0 radical (unpaired) electrons. The van der Waals surface area contributed by atoms with Gasteiger partial charge in [-0.1, -0.05) is 42.5 Å². The molecule has 3 aromatic carbocycles. The first kappa shape index (κ1) is 23.5. The predicted molar refractivity (Wildman–Crippen MR) is 118 cm³/mol. The number of rotatable bonds is 5. The Hall–Kier alpha value is -2.69. The molecule has 0 aromatic heterocycles. The van der Waals surface area contributed by atoms with Crippen molar-refractivity contribution in [3.8, 4) is 11.1 Å². The van der Waals surface area contributed by atoms with Crippen LogP contribution in [0.4, 0.5) is 13.2 Å². The Morgan fingerprint density at radius 2 is 1.42 bits per heavy atom. The highest BCUT2D eigenvalue weighted by Gasteiger charge is 2.39. The first-order chi connectivity index (χ1) is 15.5. The lowest BCUT2D eigenvalue weighted by Gasteiger charge is -2.17. The van der Waals surface area contributed by atoms with Gasteiger partial charge in [-0.2, -0.15) is 17.5 Å². The minimum atomic E-state index is -4.48. The molecule has 1 aliphatic rings. The molecule has 0 amide bonds. The van der Waals surface area contributed by atoms with Crippen LogP contribution < -0.4 is 0 Å². The highest BCUT2D eigenvalue weighted by molar-refractivity contribution is 7.92. The van der Waals surface area contributed by atoms with Gasteiger partial charge in [0.2, 0.25) is 10.0 Å². The number of nitrogens with zero attached hydrogens (tertiary/aromatic N) is 1. The SMILES string of the molecule is O=S(=O)(c1ccccc1)C1CCN(S(=O)(=O)c2ccc(-c3cccc(C(F)(F)F)c3)cc2)C1. The largest absolute Gasteiger partial charge is 0.416 e. The van der Waals surface area contributed by atoms with Gasteiger partial charge in [0.15, 0.2) is 9.84 Å². The van der Waals surface area contributed by atoms with Crippen LogP contribution >= 0.6 is 0 Å². The molecule has 0 spiro atoms. The molecule has 3 aromatic rings. The van der Waals surface area contributed by atoms with Crippen LogP contribution in [0.15, 0.2) is 88.7 Å². The summed E-state index contributed by atoms with van der Waals surface area (Å²) in [6.45, 7) is -0.0939. The van der Waals surface area contributed by atoms with Crippen molar-refractivity contribution in [2.24, 2.45) is 0 Å². The lowest BCUT2D eigenvalue weighted by atomic mass is 10.0. The maximum Gasteiger partial charge on any atom is 0.416 e. The van der Waals surface area contributed by atoms with Crippen molar-refractivity contribution in [2.45, 2.75) is 27.6 Å². The molecule has 1 aliphatic heterocycles. The molecular formula is C23H20F3NO4S2. The maximum absolute atomic E-state index is 13.1. The van der Waals surface area contributed by atoms with Crippen molar-refractivity contribution in [3.05, 3.63) is 84.4 Å². The summed E-state index contributed by atoms with van der Waals surface area (Å²) in [5, 5.41) is -0.848. The molecule has 0 saturated carbocycles. The summed E-state index contributed by atoms with van der Waals surface area (Å²) in [5.74, 6) is 0. The average molecular weight is 496 g/mol. The Bertz CT molecular complexity index is 1350. The van der Waals surface area contributed by atoms with Crippen molar-refractivity contribution < 1.29 is 30.0 Å². The number of alkyl halides is 3. The van der Waals surface area contributed by atoms with E-state index in [0.717, 1.165) is 16.4 Å². The Morgan fingerprint density at radius 3 is 2.06 bits per heavy atom. The Labute approximate surface area is 190 Å². The van der Waals surface area contributed by atoms with Crippen LogP contribution in [0.3, 0.4) is 0 Å². The smallest absolute Gasteiger partial charge is 0.223 e. The quantitative estimate of drug-likeness (QED) is 0.518. The van der Waals surface area contributed by atoms with E-state index in [0.29, 0.717) is 11.1 Å². The Balaban J connectivity index is 1.54. The summed E-state index contributed by atoms with van der Waals surface area (Å²) < 4.78 is 91.9. The second-order valence-electron chi connectivity index (χ2n) is 7.73. The number of benzene rings is 3. The Morgan fingerprint density at radius 1 is 0.758 bits per heavy atom. The number of hydrogen-bond donors (Lipinski definition) is 0. The molecule has 1 fully saturated rings. The van der Waals surface area contributed by atoms with Gasteiger partial charge in [0, 0.05) is 13.1 Å². The van der Waals surface area contributed by atoms with E-state index in [2.05, 4.69) is 0 Å². The standard InChI is InChI=1S/C23H20F3NO4S2/c24-23(25,26)19-6-4-5-18(15-19)17-9-11-21(12-10-17)33(30,31)27-14-13-22(16-27)32(28,29)20-7-2-1-3-8-20/h1-12,15,22H,13-14,16H2. The Kier molecular flexibility index (Phi) is 6.10. The third-order valence-electron chi connectivity index (χ3n) is 5.63. The van der Waals surface area contributed by atoms with Crippen molar-refractivity contribution in [3.63, 3.8) is 0 Å². The first-order valence-electron chi connectivity index (χ1n) is 10.1. The fourth-order valence-electron chi connectivity index (χ4n) is 3.82. The van der Waals surface area contributed by atoms with Crippen LogP contribution in [0, 0.1) is 0 Å². The van der Waals surface area contributed by atoms with Gasteiger partial charge in [0.25, 0.3) is 0 Å². The van der Waals surface area contributed by atoms with Gasteiger partial charge in [-0.15, -0.1) is 0 Å². The van der Waals surface area contributed by atoms with Gasteiger partial charge >= 0.3 is 6.18 Å². The van der Waals surface area contributed by atoms with Gasteiger partial charge in [0.1, 0.15) is 0 Å². The molecule has 1 saturated heterocycles. The molecule has 1 atom stereocenters. The van der Waals surface area contributed by atoms with Crippen molar-refractivity contribution in [1.82, 2.24) is 4.31 Å². The average Bonchev–Trinajstić information content (AvgIpc) is 3.32. The second-order valence-corrected chi connectivity index (χ2v) is 11.9. The van der Waals surface area contributed by atoms with Crippen molar-refractivity contribution in [2.75, 3.05) is 13.1 Å². The summed E-state index contributed by atoms with van der Waals surface area (Å²) in [7, 11) is -7.63. The third-order valence-corrected chi connectivity index (χ3v) is 9.70. The molecule has 5 nitrogen and oxygen atoms in total. The monoisotopic (exact) mass is 495 g/mol. The number of sulfone groups is 1. The van der Waals surface area contributed by atoms with Crippen LogP contribution in [0.5, 0.6) is 0 Å². The van der Waals surface area contributed by atoms with Crippen LogP contribution in [0.2, 0.25) is 0 Å². The van der Waals surface area contributed by atoms with E-state index in [1.165, 1.54) is 48.5 Å². The lowest BCUT2D eigenvalue weighted by molar-refractivity contribution is -0.137. The number of halogens is 3. The van der Waals surface area contributed by atoms with Crippen LogP contribution in [0.25, 0.3) is 11.1 Å². The molecular weight excluding hydrogens is 475 g/mol. The van der Waals surface area contributed by atoms with Gasteiger partial charge in [0.05, 0.1) is 20.6 Å². The maximum atomic E-state index is 13.1. The minimum Gasteiger partial charge on any atom is -0.223 e. The lowest BCUT2D eigenvalue weighted by Crippen LogP contribution is -2.32. The minimum absolute atomic E-state index is 0.0454. The summed E-state index contributed by atoms with van der Waals surface area (Å²) in [4.78, 5) is 0.107. The van der Waals surface area contributed by atoms with E-state index < -0.39 is 36.9 Å². The van der Waals surface area contributed by atoms with E-state index >= 15 is 0 Å². The summed E-state index contributed by atoms with van der Waals surface area (Å²) in [6, 6.07) is 18.2. The molecule has 0 N–H and O–H groups in total. The van der Waals surface area contributed by atoms with Gasteiger partial charge in [-0.3, -0.25) is 0 Å². The zero-order valence-electron chi connectivity index (χ0n) is 17.2. The zero-order chi connectivity index (χ0) is 23.9. The van der Waals surface area contributed by atoms with Gasteiger partial charge in [-0.05, 0) is 53.9 Å². The second kappa shape index (κ2) is 8.58. The summed E-state index contributed by atoms with van der Waals surface area (Å²) >= 11 is 0. The molecule has 4 rings (SSSR count). The number of sulfonamides is 1. The van der Waals surface area contributed by atoms with Crippen LogP contribution in [-0.2, 0) is 26.0 Å².